The van der Waals surface area contributed by atoms with Gasteiger partial charge < -0.3 is 43.8 Å². The number of cyclic esters (lactones) is 1. The molecular weight excluding hydrogens is 500 g/mol. The van der Waals surface area contributed by atoms with Crippen LogP contribution in [0.15, 0.2) is 46.3 Å². The van der Waals surface area contributed by atoms with Crippen LogP contribution in [0.4, 0.5) is 0 Å². The third-order valence-corrected chi connectivity index (χ3v) is 8.93. The minimum absolute atomic E-state index is 0.286. The zero-order valence-corrected chi connectivity index (χ0v) is 21.5. The van der Waals surface area contributed by atoms with Crippen molar-refractivity contribution in [1.82, 2.24) is 0 Å². The predicted octanol–water partition coefficient (Wildman–Crippen LogP) is 0.915. The Bertz CT molecular complexity index is 1120. The van der Waals surface area contributed by atoms with Gasteiger partial charge in [0.05, 0.1) is 32.3 Å². The highest BCUT2D eigenvalue weighted by Crippen LogP contribution is 2.63. The molecular formula is C27H34O11. The molecule has 5 rings (SSSR count). The van der Waals surface area contributed by atoms with Gasteiger partial charge in [0.2, 0.25) is 0 Å². The summed E-state index contributed by atoms with van der Waals surface area (Å²) in [6.07, 6.45) is -0.890. The highest BCUT2D eigenvalue weighted by atomic mass is 16.7. The number of allylic oxidation sites excluding steroid dienone is 1. The molecule has 38 heavy (non-hydrogen) atoms. The van der Waals surface area contributed by atoms with Crippen molar-refractivity contribution in [2.24, 2.45) is 16.7 Å². The van der Waals surface area contributed by atoms with E-state index in [0.29, 0.717) is 30.4 Å². The second-order valence-electron chi connectivity index (χ2n) is 10.9. The van der Waals surface area contributed by atoms with E-state index in [1.54, 1.807) is 18.4 Å². The number of carbonyl (C=O) groups is 2. The van der Waals surface area contributed by atoms with Crippen LogP contribution < -0.4 is 0 Å². The van der Waals surface area contributed by atoms with E-state index < -0.39 is 72.3 Å². The molecule has 10 atom stereocenters. The second-order valence-corrected chi connectivity index (χ2v) is 10.9. The predicted molar refractivity (Wildman–Crippen MR) is 128 cm³/mol. The number of hydrogen-bond acceptors (Lipinski definition) is 11. The minimum atomic E-state index is -1.65. The summed E-state index contributed by atoms with van der Waals surface area (Å²) in [6.45, 7) is 3.22. The second kappa shape index (κ2) is 9.89. The lowest BCUT2D eigenvalue weighted by Gasteiger charge is -2.58. The van der Waals surface area contributed by atoms with Gasteiger partial charge in [-0.15, -0.1) is 0 Å². The molecule has 11 nitrogen and oxygen atoms in total. The first-order valence-corrected chi connectivity index (χ1v) is 12.8. The molecule has 0 amide bonds. The van der Waals surface area contributed by atoms with Crippen LogP contribution in [0, 0.1) is 16.7 Å². The molecule has 2 aliphatic carbocycles. The number of rotatable bonds is 5. The van der Waals surface area contributed by atoms with Crippen LogP contribution in [0.25, 0.3) is 0 Å². The molecule has 2 saturated heterocycles. The third-order valence-electron chi connectivity index (χ3n) is 8.93. The monoisotopic (exact) mass is 534 g/mol. The highest BCUT2D eigenvalue weighted by molar-refractivity contribution is 5.94. The van der Waals surface area contributed by atoms with Crippen molar-refractivity contribution in [2.45, 2.75) is 76.0 Å². The fourth-order valence-corrected chi connectivity index (χ4v) is 6.87. The van der Waals surface area contributed by atoms with Gasteiger partial charge in [0.15, 0.2) is 6.29 Å². The molecule has 208 valence electrons. The van der Waals surface area contributed by atoms with Gasteiger partial charge in [-0.2, -0.15) is 0 Å². The molecule has 0 bridgehead atoms. The molecule has 0 radical (unpaired) electrons. The van der Waals surface area contributed by atoms with Crippen molar-refractivity contribution in [2.75, 3.05) is 13.7 Å². The van der Waals surface area contributed by atoms with E-state index in [1.807, 2.05) is 19.9 Å². The highest BCUT2D eigenvalue weighted by Gasteiger charge is 2.63. The van der Waals surface area contributed by atoms with E-state index in [9.17, 15) is 30.0 Å². The van der Waals surface area contributed by atoms with E-state index >= 15 is 0 Å². The molecule has 11 heteroatoms. The summed E-state index contributed by atoms with van der Waals surface area (Å²) in [7, 11) is 1.29. The third kappa shape index (κ3) is 4.04. The molecule has 2 fully saturated rings. The molecule has 4 aliphatic rings. The Morgan fingerprint density at radius 3 is 2.61 bits per heavy atom. The van der Waals surface area contributed by atoms with Gasteiger partial charge in [-0.3, -0.25) is 0 Å². The number of ether oxygens (including phenoxy) is 4. The summed E-state index contributed by atoms with van der Waals surface area (Å²) < 4.78 is 28.0. The number of aliphatic hydroxyl groups excluding tert-OH is 4. The minimum Gasteiger partial charge on any atom is -0.472 e. The van der Waals surface area contributed by atoms with Crippen LogP contribution in [0.2, 0.25) is 0 Å². The van der Waals surface area contributed by atoms with Crippen molar-refractivity contribution in [3.8, 4) is 0 Å². The maximum absolute atomic E-state index is 13.4. The van der Waals surface area contributed by atoms with Gasteiger partial charge >= 0.3 is 11.9 Å². The van der Waals surface area contributed by atoms with Gasteiger partial charge in [0.25, 0.3) is 0 Å². The summed E-state index contributed by atoms with van der Waals surface area (Å²) in [5.41, 5.74) is -0.239. The lowest BCUT2D eigenvalue weighted by molar-refractivity contribution is -0.317. The zero-order chi connectivity index (χ0) is 27.4. The van der Waals surface area contributed by atoms with Gasteiger partial charge in [-0.05, 0) is 37.3 Å². The number of aliphatic hydroxyl groups is 4. The van der Waals surface area contributed by atoms with Gasteiger partial charge in [0, 0.05) is 27.5 Å². The topological polar surface area (TPSA) is 165 Å². The summed E-state index contributed by atoms with van der Waals surface area (Å²) in [5.74, 6) is -1.35. The Morgan fingerprint density at radius 2 is 1.95 bits per heavy atom. The molecule has 0 unspecified atom stereocenters. The summed E-state index contributed by atoms with van der Waals surface area (Å²) in [6, 6.07) is 1.75. The van der Waals surface area contributed by atoms with Gasteiger partial charge in [0.1, 0.15) is 30.5 Å². The lowest BCUT2D eigenvalue weighted by atomic mass is 9.48. The molecule has 2 aliphatic heterocycles. The molecule has 1 aromatic rings. The SMILES string of the molecule is COC(=O)C1=CCC[C@H]2[C@]1(C)[C@H](O[C@@H]1O[C@H](CO)[C@@H](O)[C@H](O)[C@H]1O)C=C1C(=O)O[C@@H](c3ccoc3)C[C@@]12C. The molecule has 4 N–H and O–H groups in total. The van der Waals surface area contributed by atoms with Crippen molar-refractivity contribution >= 4 is 11.9 Å². The first-order chi connectivity index (χ1) is 18.1. The summed E-state index contributed by atoms with van der Waals surface area (Å²) in [5, 5.41) is 40.8. The number of esters is 2. The quantitative estimate of drug-likeness (QED) is 0.397. The Labute approximate surface area is 219 Å². The van der Waals surface area contributed by atoms with E-state index in [2.05, 4.69) is 0 Å². The molecule has 0 aromatic carbocycles. The van der Waals surface area contributed by atoms with Crippen LogP contribution in [0.1, 0.15) is 44.8 Å². The average molecular weight is 535 g/mol. The van der Waals surface area contributed by atoms with E-state index in [0.717, 1.165) is 5.56 Å². The van der Waals surface area contributed by atoms with Crippen molar-refractivity contribution in [1.29, 1.82) is 0 Å². The van der Waals surface area contributed by atoms with E-state index in [-0.39, 0.29) is 5.92 Å². The number of methoxy groups -OCH3 is 1. The largest absolute Gasteiger partial charge is 0.472 e. The number of carbonyl (C=O) groups excluding carboxylic acids is 2. The summed E-state index contributed by atoms with van der Waals surface area (Å²) in [4.78, 5) is 26.5. The lowest BCUT2D eigenvalue weighted by Crippen LogP contribution is -2.62. The Balaban J connectivity index is 1.59. The Kier molecular flexibility index (Phi) is 7.04. The first-order valence-electron chi connectivity index (χ1n) is 12.8. The smallest absolute Gasteiger partial charge is 0.334 e. The molecule has 1 aromatic heterocycles. The van der Waals surface area contributed by atoms with Crippen LogP contribution in [-0.2, 0) is 28.5 Å². The first kappa shape index (κ1) is 27.0. The van der Waals surface area contributed by atoms with Gasteiger partial charge in [-0.1, -0.05) is 19.9 Å². The van der Waals surface area contributed by atoms with Crippen LogP contribution >= 0.6 is 0 Å². The van der Waals surface area contributed by atoms with E-state index in [4.69, 9.17) is 23.4 Å². The average Bonchev–Trinajstić information content (AvgIpc) is 3.44. The fraction of sp³-hybridized carbons (Fsp3) is 0.630. The van der Waals surface area contributed by atoms with Crippen LogP contribution in [-0.4, -0.2) is 82.9 Å². The Hall–Kier alpha value is -2.54. The maximum Gasteiger partial charge on any atom is 0.334 e. The van der Waals surface area contributed by atoms with Crippen LogP contribution in [0.5, 0.6) is 0 Å². The molecule has 0 spiro atoms. The van der Waals surface area contributed by atoms with E-state index in [1.165, 1.54) is 13.4 Å². The number of hydrogen-bond donors (Lipinski definition) is 4. The zero-order valence-electron chi connectivity index (χ0n) is 21.5. The maximum atomic E-state index is 13.4. The molecule has 0 saturated carbocycles. The standard InChI is InChI=1S/C27H34O11/c1-26-10-16(13-7-8-35-12-13)36-24(33)15(26)9-19(27(2)14(23(32)34-3)5-4-6-18(26)27)38-25-22(31)21(30)20(29)17(11-28)37-25/h5,7-9,12,16-22,25,28-31H,4,6,10-11H2,1-3H3/t16-,17-,18-,19-,20-,21+,22-,25+,26+,27-/m1/s1. The fourth-order valence-electron chi connectivity index (χ4n) is 6.87. The van der Waals surface area contributed by atoms with Crippen molar-refractivity contribution in [3.63, 3.8) is 0 Å². The van der Waals surface area contributed by atoms with Gasteiger partial charge in [-0.25, -0.2) is 9.59 Å². The number of furan rings is 1. The molecule has 3 heterocycles. The van der Waals surface area contributed by atoms with Crippen molar-refractivity contribution in [3.05, 3.63) is 47.5 Å². The Morgan fingerprint density at radius 1 is 1.18 bits per heavy atom. The summed E-state index contributed by atoms with van der Waals surface area (Å²) >= 11 is 0. The van der Waals surface area contributed by atoms with Crippen molar-refractivity contribution < 1.29 is 53.4 Å². The normalized spacial score (nSPS) is 42.8. The van der Waals surface area contributed by atoms with Crippen LogP contribution in [0.3, 0.4) is 0 Å². The number of fused-ring (bicyclic) bond motifs is 3.